The second-order valence-corrected chi connectivity index (χ2v) is 5.11. The number of carbonyl (C=O) groups is 1. The lowest BCUT2D eigenvalue weighted by molar-refractivity contribution is 0.0697. The number of aryl methyl sites for hydroxylation is 2. The van der Waals surface area contributed by atoms with Crippen LogP contribution in [0.5, 0.6) is 0 Å². The molecule has 0 bridgehead atoms. The van der Waals surface area contributed by atoms with E-state index in [1.54, 1.807) is 10.7 Å². The monoisotopic (exact) mass is 258 g/mol. The van der Waals surface area contributed by atoms with Gasteiger partial charge in [0.1, 0.15) is 0 Å². The van der Waals surface area contributed by atoms with E-state index in [0.717, 1.165) is 22.4 Å². The van der Waals surface area contributed by atoms with Crippen molar-refractivity contribution in [3.05, 3.63) is 41.2 Å². The van der Waals surface area contributed by atoms with Gasteiger partial charge in [-0.05, 0) is 24.5 Å². The summed E-state index contributed by atoms with van der Waals surface area (Å²) in [6.45, 7) is 6.07. The normalized spacial score (nSPS) is 11.0. The van der Waals surface area contributed by atoms with Gasteiger partial charge in [-0.1, -0.05) is 31.5 Å². The standard InChI is InChI=1S/C15H18N2O2/c1-9(2)14-13(8-17(4)16-14)12-7-10(3)5-6-11(12)15(18)19/h5-9H,1-4H3,(H,18,19). The highest BCUT2D eigenvalue weighted by molar-refractivity contribution is 5.96. The van der Waals surface area contributed by atoms with Crippen molar-refractivity contribution in [2.75, 3.05) is 0 Å². The fourth-order valence-corrected chi connectivity index (χ4v) is 2.21. The van der Waals surface area contributed by atoms with Gasteiger partial charge in [-0.25, -0.2) is 4.79 Å². The summed E-state index contributed by atoms with van der Waals surface area (Å²) in [6, 6.07) is 5.38. The van der Waals surface area contributed by atoms with Crippen molar-refractivity contribution in [1.29, 1.82) is 0 Å². The molecule has 0 radical (unpaired) electrons. The van der Waals surface area contributed by atoms with Crippen LogP contribution in [-0.2, 0) is 7.05 Å². The summed E-state index contributed by atoms with van der Waals surface area (Å²) in [7, 11) is 1.85. The molecule has 0 saturated heterocycles. The predicted octanol–water partition coefficient (Wildman–Crippen LogP) is 3.22. The molecule has 1 aromatic heterocycles. The van der Waals surface area contributed by atoms with Gasteiger partial charge in [-0.15, -0.1) is 0 Å². The molecule has 1 N–H and O–H groups in total. The largest absolute Gasteiger partial charge is 0.478 e. The Morgan fingerprint density at radius 1 is 1.32 bits per heavy atom. The SMILES string of the molecule is Cc1ccc(C(=O)O)c(-c2cn(C)nc2C(C)C)c1. The van der Waals surface area contributed by atoms with Crippen LogP contribution in [0.15, 0.2) is 24.4 Å². The summed E-state index contributed by atoms with van der Waals surface area (Å²) in [5.74, 6) is -0.660. The van der Waals surface area contributed by atoms with Crippen molar-refractivity contribution in [3.8, 4) is 11.1 Å². The third-order valence-corrected chi connectivity index (χ3v) is 3.10. The van der Waals surface area contributed by atoms with Crippen LogP contribution in [0.3, 0.4) is 0 Å². The highest BCUT2D eigenvalue weighted by atomic mass is 16.4. The smallest absolute Gasteiger partial charge is 0.336 e. The molecule has 0 aliphatic rings. The summed E-state index contributed by atoms with van der Waals surface area (Å²) < 4.78 is 1.73. The lowest BCUT2D eigenvalue weighted by Crippen LogP contribution is -2.01. The molecule has 0 fully saturated rings. The average molecular weight is 258 g/mol. The summed E-state index contributed by atoms with van der Waals surface area (Å²) in [4.78, 5) is 11.4. The maximum atomic E-state index is 11.4. The van der Waals surface area contributed by atoms with Crippen LogP contribution in [0.25, 0.3) is 11.1 Å². The number of hydrogen-bond acceptors (Lipinski definition) is 2. The number of rotatable bonds is 3. The number of nitrogens with zero attached hydrogens (tertiary/aromatic N) is 2. The van der Waals surface area contributed by atoms with Gasteiger partial charge in [-0.2, -0.15) is 5.10 Å². The summed E-state index contributed by atoms with van der Waals surface area (Å²) in [5.41, 5.74) is 3.93. The first-order valence-corrected chi connectivity index (χ1v) is 6.28. The summed E-state index contributed by atoms with van der Waals surface area (Å²) in [6.07, 6.45) is 1.89. The molecular weight excluding hydrogens is 240 g/mol. The zero-order valence-corrected chi connectivity index (χ0v) is 11.6. The highest BCUT2D eigenvalue weighted by Gasteiger charge is 2.18. The van der Waals surface area contributed by atoms with Crippen molar-refractivity contribution < 1.29 is 9.90 Å². The molecule has 0 aliphatic carbocycles. The van der Waals surface area contributed by atoms with E-state index in [2.05, 4.69) is 18.9 Å². The van der Waals surface area contributed by atoms with E-state index in [4.69, 9.17) is 0 Å². The van der Waals surface area contributed by atoms with Gasteiger partial charge in [0, 0.05) is 18.8 Å². The third-order valence-electron chi connectivity index (χ3n) is 3.10. The first-order valence-electron chi connectivity index (χ1n) is 6.28. The molecule has 2 rings (SSSR count). The zero-order valence-electron chi connectivity index (χ0n) is 11.6. The second kappa shape index (κ2) is 4.88. The Kier molecular flexibility index (Phi) is 3.42. The molecule has 0 aliphatic heterocycles. The summed E-state index contributed by atoms with van der Waals surface area (Å²) in [5, 5.41) is 13.8. The van der Waals surface area contributed by atoms with Crippen molar-refractivity contribution >= 4 is 5.97 Å². The minimum absolute atomic E-state index is 0.248. The Hall–Kier alpha value is -2.10. The number of aromatic carboxylic acids is 1. The predicted molar refractivity (Wildman–Crippen MR) is 74.4 cm³/mol. The van der Waals surface area contributed by atoms with E-state index in [9.17, 15) is 9.90 Å². The molecule has 1 heterocycles. The van der Waals surface area contributed by atoms with Gasteiger partial charge < -0.3 is 5.11 Å². The highest BCUT2D eigenvalue weighted by Crippen LogP contribution is 2.31. The Bertz CT molecular complexity index is 627. The van der Waals surface area contributed by atoms with Gasteiger partial charge in [0.2, 0.25) is 0 Å². The van der Waals surface area contributed by atoms with Gasteiger partial charge in [0.15, 0.2) is 0 Å². The number of carboxylic acid groups (broad SMARTS) is 1. The topological polar surface area (TPSA) is 55.1 Å². The van der Waals surface area contributed by atoms with Crippen LogP contribution < -0.4 is 0 Å². The minimum atomic E-state index is -0.909. The molecule has 19 heavy (non-hydrogen) atoms. The zero-order chi connectivity index (χ0) is 14.2. The summed E-state index contributed by atoms with van der Waals surface area (Å²) >= 11 is 0. The van der Waals surface area contributed by atoms with E-state index in [-0.39, 0.29) is 5.92 Å². The molecule has 0 unspecified atom stereocenters. The number of carboxylic acids is 1. The van der Waals surface area contributed by atoms with E-state index >= 15 is 0 Å². The van der Waals surface area contributed by atoms with E-state index in [1.165, 1.54) is 0 Å². The molecule has 2 aromatic rings. The molecule has 0 atom stereocenters. The Labute approximate surface area is 112 Å². The minimum Gasteiger partial charge on any atom is -0.478 e. The second-order valence-electron chi connectivity index (χ2n) is 5.11. The van der Waals surface area contributed by atoms with Gasteiger partial charge in [0.05, 0.1) is 11.3 Å². The van der Waals surface area contributed by atoms with Crippen LogP contribution in [-0.4, -0.2) is 20.9 Å². The molecule has 0 saturated carbocycles. The van der Waals surface area contributed by atoms with Gasteiger partial charge in [0.25, 0.3) is 0 Å². The molecule has 0 amide bonds. The maximum absolute atomic E-state index is 11.4. The van der Waals surface area contributed by atoms with E-state index in [1.807, 2.05) is 32.3 Å². The van der Waals surface area contributed by atoms with Crippen molar-refractivity contribution in [3.63, 3.8) is 0 Å². The lowest BCUT2D eigenvalue weighted by Gasteiger charge is -2.09. The van der Waals surface area contributed by atoms with E-state index < -0.39 is 5.97 Å². The number of benzene rings is 1. The molecule has 1 aromatic carbocycles. The Balaban J connectivity index is 2.70. The average Bonchev–Trinajstić information content (AvgIpc) is 2.70. The van der Waals surface area contributed by atoms with Crippen molar-refractivity contribution in [2.24, 2.45) is 7.05 Å². The molecule has 0 spiro atoms. The quantitative estimate of drug-likeness (QED) is 0.919. The van der Waals surface area contributed by atoms with Crippen LogP contribution in [0.1, 0.15) is 41.4 Å². The number of hydrogen-bond donors (Lipinski definition) is 1. The van der Waals surface area contributed by atoms with Crippen molar-refractivity contribution in [2.45, 2.75) is 26.7 Å². The van der Waals surface area contributed by atoms with Crippen LogP contribution in [0.2, 0.25) is 0 Å². The molecular formula is C15H18N2O2. The molecule has 4 nitrogen and oxygen atoms in total. The maximum Gasteiger partial charge on any atom is 0.336 e. The van der Waals surface area contributed by atoms with Gasteiger partial charge >= 0.3 is 5.97 Å². The Morgan fingerprint density at radius 2 is 2.00 bits per heavy atom. The van der Waals surface area contributed by atoms with Crippen LogP contribution in [0.4, 0.5) is 0 Å². The first-order chi connectivity index (χ1) is 8.90. The fraction of sp³-hybridized carbons (Fsp3) is 0.333. The fourth-order valence-electron chi connectivity index (χ4n) is 2.21. The number of aromatic nitrogens is 2. The third kappa shape index (κ3) is 2.52. The molecule has 4 heteroatoms. The molecule has 100 valence electrons. The Morgan fingerprint density at radius 3 is 2.58 bits per heavy atom. The lowest BCUT2D eigenvalue weighted by atomic mass is 9.95. The van der Waals surface area contributed by atoms with E-state index in [0.29, 0.717) is 5.56 Å². The van der Waals surface area contributed by atoms with Crippen molar-refractivity contribution in [1.82, 2.24) is 9.78 Å². The first kappa shape index (κ1) is 13.3. The van der Waals surface area contributed by atoms with Crippen LogP contribution >= 0.6 is 0 Å². The van der Waals surface area contributed by atoms with Crippen LogP contribution in [0, 0.1) is 6.92 Å². The van der Waals surface area contributed by atoms with Gasteiger partial charge in [-0.3, -0.25) is 4.68 Å².